The fraction of sp³-hybridized carbons (Fsp3) is 0.111. The Hall–Kier alpha value is -3.05. The fourth-order valence-corrected chi connectivity index (χ4v) is 3.50. The number of non-ortho nitro benzene ring substituents is 1. The van der Waals surface area contributed by atoms with E-state index in [2.05, 4.69) is 36.7 Å². The van der Waals surface area contributed by atoms with Crippen LogP contribution in [0, 0.1) is 10.1 Å². The molecule has 11 heteroatoms. The minimum absolute atomic E-state index is 0.0256. The number of amides is 1. The summed E-state index contributed by atoms with van der Waals surface area (Å²) in [7, 11) is 1.74. The van der Waals surface area contributed by atoms with Gasteiger partial charge in [-0.3, -0.25) is 14.9 Å². The largest absolute Gasteiger partial charge is 0.305 e. The molecule has 1 N–H and O–H groups in total. The van der Waals surface area contributed by atoms with Crippen LogP contribution in [0.2, 0.25) is 0 Å². The average Bonchev–Trinajstić information content (AvgIpc) is 3.07. The zero-order valence-electron chi connectivity index (χ0n) is 15.2. The number of hydrogen-bond donors (Lipinski definition) is 1. The van der Waals surface area contributed by atoms with E-state index in [0.717, 1.165) is 10.0 Å². The molecule has 3 aromatic rings. The number of halogens is 1. The summed E-state index contributed by atoms with van der Waals surface area (Å²) in [6, 6.07) is 13.7. The number of hydrogen-bond acceptors (Lipinski definition) is 7. The first-order valence-electron chi connectivity index (χ1n) is 8.28. The number of carbonyl (C=O) groups excluding carboxylic acids is 1. The van der Waals surface area contributed by atoms with E-state index in [9.17, 15) is 14.9 Å². The SMILES string of the molecule is Cn1c(SCC(=O)NN=Cc2cccc(Br)c2)nnc1-c1cccc([N+](=O)[O-])c1. The molecule has 0 aliphatic carbocycles. The second kappa shape index (κ2) is 9.43. The first-order valence-corrected chi connectivity index (χ1v) is 10.1. The highest BCUT2D eigenvalue weighted by Crippen LogP contribution is 2.25. The van der Waals surface area contributed by atoms with Gasteiger partial charge in [0.1, 0.15) is 0 Å². The van der Waals surface area contributed by atoms with Crippen molar-refractivity contribution in [3.05, 3.63) is 68.7 Å². The molecule has 0 saturated carbocycles. The molecule has 0 saturated heterocycles. The normalized spacial score (nSPS) is 11.0. The molecule has 1 heterocycles. The molecule has 0 spiro atoms. The highest BCUT2D eigenvalue weighted by Gasteiger charge is 2.15. The Balaban J connectivity index is 1.59. The van der Waals surface area contributed by atoms with E-state index in [4.69, 9.17) is 0 Å². The number of rotatable bonds is 7. The topological polar surface area (TPSA) is 115 Å². The van der Waals surface area contributed by atoms with E-state index in [1.165, 1.54) is 23.9 Å². The predicted molar refractivity (Wildman–Crippen MR) is 114 cm³/mol. The van der Waals surface area contributed by atoms with Gasteiger partial charge in [-0.25, -0.2) is 5.43 Å². The highest BCUT2D eigenvalue weighted by atomic mass is 79.9. The van der Waals surface area contributed by atoms with Crippen molar-refractivity contribution in [1.82, 2.24) is 20.2 Å². The molecule has 9 nitrogen and oxygen atoms in total. The molecule has 148 valence electrons. The van der Waals surface area contributed by atoms with Crippen molar-refractivity contribution in [1.29, 1.82) is 0 Å². The third-order valence-corrected chi connectivity index (χ3v) is 5.25. The lowest BCUT2D eigenvalue weighted by molar-refractivity contribution is -0.384. The van der Waals surface area contributed by atoms with Crippen LogP contribution in [0.3, 0.4) is 0 Å². The van der Waals surface area contributed by atoms with Gasteiger partial charge in [0.25, 0.3) is 11.6 Å². The molecule has 0 aliphatic rings. The lowest BCUT2D eigenvalue weighted by Crippen LogP contribution is -2.19. The molecular formula is C18H15BrN6O3S. The fourth-order valence-electron chi connectivity index (χ4n) is 2.38. The lowest BCUT2D eigenvalue weighted by atomic mass is 10.2. The summed E-state index contributed by atoms with van der Waals surface area (Å²) < 4.78 is 2.60. The Kier molecular flexibility index (Phi) is 6.73. The minimum Gasteiger partial charge on any atom is -0.305 e. The van der Waals surface area contributed by atoms with Gasteiger partial charge in [-0.2, -0.15) is 5.10 Å². The van der Waals surface area contributed by atoms with Crippen LogP contribution in [0.25, 0.3) is 11.4 Å². The summed E-state index contributed by atoms with van der Waals surface area (Å²) in [5.74, 6) is 0.280. The number of benzene rings is 2. The van der Waals surface area contributed by atoms with Crippen molar-refractivity contribution in [2.45, 2.75) is 5.16 Å². The van der Waals surface area contributed by atoms with Crippen molar-refractivity contribution < 1.29 is 9.72 Å². The first kappa shape index (κ1) is 20.7. The number of aromatic nitrogens is 3. The van der Waals surface area contributed by atoms with Crippen LogP contribution in [-0.4, -0.2) is 37.6 Å². The Morgan fingerprint density at radius 3 is 2.86 bits per heavy atom. The van der Waals surface area contributed by atoms with Gasteiger partial charge < -0.3 is 4.57 Å². The average molecular weight is 475 g/mol. The highest BCUT2D eigenvalue weighted by molar-refractivity contribution is 9.10. The zero-order chi connectivity index (χ0) is 20.8. The molecule has 0 aliphatic heterocycles. The number of nitro benzene ring substituents is 1. The summed E-state index contributed by atoms with van der Waals surface area (Å²) >= 11 is 4.56. The molecule has 0 unspecified atom stereocenters. The molecule has 1 aromatic heterocycles. The van der Waals surface area contributed by atoms with Gasteiger partial charge in [0.15, 0.2) is 11.0 Å². The monoisotopic (exact) mass is 474 g/mol. The van der Waals surface area contributed by atoms with Gasteiger partial charge in [-0.1, -0.05) is 52.0 Å². The smallest absolute Gasteiger partial charge is 0.270 e. The molecule has 2 aromatic carbocycles. The third kappa shape index (κ3) is 5.48. The maximum absolute atomic E-state index is 12.0. The molecule has 0 radical (unpaired) electrons. The summed E-state index contributed by atoms with van der Waals surface area (Å²) in [4.78, 5) is 22.5. The third-order valence-electron chi connectivity index (χ3n) is 3.73. The second-order valence-electron chi connectivity index (χ2n) is 5.81. The Morgan fingerprint density at radius 1 is 1.31 bits per heavy atom. The number of nitro groups is 1. The summed E-state index contributed by atoms with van der Waals surface area (Å²) in [5, 5.41) is 23.5. The predicted octanol–water partition coefficient (Wildman–Crippen LogP) is 3.40. The number of hydrazone groups is 1. The van der Waals surface area contributed by atoms with Crippen molar-refractivity contribution in [2.24, 2.45) is 12.1 Å². The van der Waals surface area contributed by atoms with E-state index in [1.54, 1.807) is 30.0 Å². The van der Waals surface area contributed by atoms with E-state index in [0.29, 0.717) is 16.5 Å². The molecule has 0 atom stereocenters. The maximum atomic E-state index is 12.0. The standard InChI is InChI=1S/C18H15BrN6O3S/c1-24-17(13-5-3-7-15(9-13)25(27)28)22-23-18(24)29-11-16(26)21-20-10-12-4-2-6-14(19)8-12/h2-10H,11H2,1H3,(H,21,26). The Labute approximate surface area is 178 Å². The molecule has 0 fully saturated rings. The molecule has 1 amide bonds. The summed E-state index contributed by atoms with van der Waals surface area (Å²) in [6.07, 6.45) is 1.55. The molecule has 3 rings (SSSR count). The van der Waals surface area contributed by atoms with Crippen LogP contribution in [0.5, 0.6) is 0 Å². The van der Waals surface area contributed by atoms with Crippen LogP contribution < -0.4 is 5.43 Å². The van der Waals surface area contributed by atoms with Crippen molar-refractivity contribution in [3.63, 3.8) is 0 Å². The van der Waals surface area contributed by atoms with Gasteiger partial charge in [-0.05, 0) is 17.7 Å². The maximum Gasteiger partial charge on any atom is 0.270 e. The Morgan fingerprint density at radius 2 is 2.10 bits per heavy atom. The van der Waals surface area contributed by atoms with Crippen LogP contribution in [-0.2, 0) is 11.8 Å². The van der Waals surface area contributed by atoms with Crippen LogP contribution in [0.4, 0.5) is 5.69 Å². The zero-order valence-corrected chi connectivity index (χ0v) is 17.6. The second-order valence-corrected chi connectivity index (χ2v) is 7.67. The number of nitrogens with one attached hydrogen (secondary N) is 1. The van der Waals surface area contributed by atoms with Crippen molar-refractivity contribution in [3.8, 4) is 11.4 Å². The quantitative estimate of drug-likeness (QED) is 0.243. The number of carbonyl (C=O) groups is 1. The van der Waals surface area contributed by atoms with Crippen molar-refractivity contribution >= 4 is 45.5 Å². The summed E-state index contributed by atoms with van der Waals surface area (Å²) in [6.45, 7) is 0. The van der Waals surface area contributed by atoms with Gasteiger partial charge in [0, 0.05) is 29.2 Å². The van der Waals surface area contributed by atoms with Crippen LogP contribution in [0.15, 0.2) is 63.3 Å². The molecule has 29 heavy (non-hydrogen) atoms. The van der Waals surface area contributed by atoms with E-state index in [-0.39, 0.29) is 17.3 Å². The number of nitrogens with zero attached hydrogens (tertiary/aromatic N) is 5. The molecular weight excluding hydrogens is 460 g/mol. The van der Waals surface area contributed by atoms with Crippen LogP contribution in [0.1, 0.15) is 5.56 Å². The summed E-state index contributed by atoms with van der Waals surface area (Å²) in [5.41, 5.74) is 3.86. The van der Waals surface area contributed by atoms with Gasteiger partial charge in [0.05, 0.1) is 16.9 Å². The number of thioether (sulfide) groups is 1. The van der Waals surface area contributed by atoms with Crippen LogP contribution >= 0.6 is 27.7 Å². The first-order chi connectivity index (χ1) is 13.9. The van der Waals surface area contributed by atoms with Gasteiger partial charge in [-0.15, -0.1) is 10.2 Å². The molecule has 0 bridgehead atoms. The lowest BCUT2D eigenvalue weighted by Gasteiger charge is -2.04. The van der Waals surface area contributed by atoms with Gasteiger partial charge in [0.2, 0.25) is 0 Å². The van der Waals surface area contributed by atoms with Gasteiger partial charge >= 0.3 is 0 Å². The van der Waals surface area contributed by atoms with E-state index < -0.39 is 4.92 Å². The van der Waals surface area contributed by atoms with E-state index in [1.807, 2.05) is 24.3 Å². The van der Waals surface area contributed by atoms with Crippen molar-refractivity contribution in [2.75, 3.05) is 5.75 Å². The van der Waals surface area contributed by atoms with E-state index >= 15 is 0 Å². The Bertz CT molecular complexity index is 1080. The minimum atomic E-state index is -0.464.